The second-order valence-electron chi connectivity index (χ2n) is 10.9. The molecule has 0 heterocycles. The number of carbonyl (C=O) groups excluding carboxylic acids is 2. The molecule has 10 heteroatoms. The minimum Gasteiger partial charge on any atom is -0.497 e. The van der Waals surface area contributed by atoms with Crippen molar-refractivity contribution in [1.82, 2.24) is 10.6 Å². The van der Waals surface area contributed by atoms with Crippen LogP contribution in [0, 0.1) is 5.92 Å². The van der Waals surface area contributed by atoms with Crippen LogP contribution in [0.3, 0.4) is 0 Å². The number of anilines is 2. The van der Waals surface area contributed by atoms with Crippen LogP contribution < -0.4 is 25.0 Å². The van der Waals surface area contributed by atoms with Crippen molar-refractivity contribution >= 4 is 33.2 Å². The normalized spacial score (nSPS) is 12.7. The second kappa shape index (κ2) is 15.3. The predicted octanol–water partition coefficient (Wildman–Crippen LogP) is 4.47. The van der Waals surface area contributed by atoms with E-state index < -0.39 is 28.0 Å². The molecule has 9 nitrogen and oxygen atoms in total. The van der Waals surface area contributed by atoms with Crippen LogP contribution >= 0.6 is 0 Å². The van der Waals surface area contributed by atoms with Crippen molar-refractivity contribution in [3.05, 3.63) is 90.0 Å². The number of nitrogens with one attached hydrogen (secondary N) is 3. The molecule has 0 aliphatic heterocycles. The highest BCUT2D eigenvalue weighted by Crippen LogP contribution is 2.18. The van der Waals surface area contributed by atoms with E-state index in [1.54, 1.807) is 36.4 Å². The third kappa shape index (κ3) is 10.4. The van der Waals surface area contributed by atoms with Gasteiger partial charge in [0.1, 0.15) is 11.8 Å². The Bertz CT molecular complexity index is 1390. The number of benzene rings is 3. The summed E-state index contributed by atoms with van der Waals surface area (Å²) in [6.07, 6.45) is 1.37. The Hall–Kier alpha value is -4.05. The fourth-order valence-corrected chi connectivity index (χ4v) is 5.84. The second-order valence-corrected chi connectivity index (χ2v) is 12.7. The first-order chi connectivity index (χ1) is 20.0. The number of methoxy groups -OCH3 is 1. The zero-order chi connectivity index (χ0) is 30.7. The average Bonchev–Trinajstić information content (AvgIpc) is 2.96. The van der Waals surface area contributed by atoms with Gasteiger partial charge in [-0.05, 0) is 79.3 Å². The first-order valence-electron chi connectivity index (χ1n) is 14.0. The Kier molecular flexibility index (Phi) is 11.8. The van der Waals surface area contributed by atoms with Crippen molar-refractivity contribution in [2.45, 2.75) is 45.2 Å². The molecule has 0 fully saturated rings. The number of nitrogens with zero attached hydrogens (tertiary/aromatic N) is 1. The van der Waals surface area contributed by atoms with Crippen molar-refractivity contribution in [3.63, 3.8) is 0 Å². The molecule has 2 unspecified atom stereocenters. The predicted molar refractivity (Wildman–Crippen MR) is 169 cm³/mol. The Morgan fingerprint density at radius 3 is 2.10 bits per heavy atom. The van der Waals surface area contributed by atoms with Crippen LogP contribution in [-0.2, 0) is 21.2 Å². The fourth-order valence-electron chi connectivity index (χ4n) is 4.49. The molecule has 0 aliphatic rings. The summed E-state index contributed by atoms with van der Waals surface area (Å²) in [5, 5.41) is 5.80. The lowest BCUT2D eigenvalue weighted by molar-refractivity contribution is -0.124. The number of hydrogen-bond acceptors (Lipinski definition) is 6. The van der Waals surface area contributed by atoms with Crippen LogP contribution in [0.2, 0.25) is 0 Å². The topological polar surface area (TPSA) is 117 Å². The minimum atomic E-state index is -3.83. The summed E-state index contributed by atoms with van der Waals surface area (Å²) in [5.41, 5.74) is 2.82. The summed E-state index contributed by atoms with van der Waals surface area (Å²) in [6.45, 7) is 3.93. The standard InChI is InChI=1S/C32H42N4O5S/c1-23(2)21-30(34-31(37)25-12-17-28(18-13-25)36(3)4)32(38)33-27(14-11-24-9-7-6-8-10-24)22-42(39,40)35-26-15-19-29(41-5)20-16-26/h6-10,12-13,15-20,23,27,30,35H,11,14,21-22H2,1-5H3,(H,33,38)(H,34,37). The number of aryl methyl sites for hydroxylation is 1. The third-order valence-electron chi connectivity index (χ3n) is 6.73. The highest BCUT2D eigenvalue weighted by Gasteiger charge is 2.27. The van der Waals surface area contributed by atoms with Crippen molar-refractivity contribution in [2.75, 3.05) is 36.6 Å². The minimum absolute atomic E-state index is 0.111. The van der Waals surface area contributed by atoms with E-state index in [1.807, 2.05) is 75.3 Å². The molecule has 0 saturated heterocycles. The van der Waals surface area contributed by atoms with Crippen molar-refractivity contribution in [1.29, 1.82) is 0 Å². The van der Waals surface area contributed by atoms with Gasteiger partial charge in [0.15, 0.2) is 0 Å². The van der Waals surface area contributed by atoms with Gasteiger partial charge in [0, 0.05) is 37.1 Å². The van der Waals surface area contributed by atoms with E-state index in [-0.39, 0.29) is 17.6 Å². The molecule has 0 saturated carbocycles. The molecule has 42 heavy (non-hydrogen) atoms. The molecule has 226 valence electrons. The van der Waals surface area contributed by atoms with Gasteiger partial charge in [-0.2, -0.15) is 0 Å². The molecule has 0 aromatic heterocycles. The lowest BCUT2D eigenvalue weighted by Gasteiger charge is -2.25. The number of sulfonamides is 1. The summed E-state index contributed by atoms with van der Waals surface area (Å²) in [7, 11) is 1.54. The highest BCUT2D eigenvalue weighted by atomic mass is 32.2. The number of amides is 2. The largest absolute Gasteiger partial charge is 0.497 e. The summed E-state index contributed by atoms with van der Waals surface area (Å²) < 4.78 is 34.1. The van der Waals surface area contributed by atoms with Gasteiger partial charge in [0.25, 0.3) is 5.91 Å². The lowest BCUT2D eigenvalue weighted by atomic mass is 10.0. The van der Waals surface area contributed by atoms with Crippen LogP contribution in [0.25, 0.3) is 0 Å². The molecule has 0 aliphatic carbocycles. The number of rotatable bonds is 15. The smallest absolute Gasteiger partial charge is 0.251 e. The van der Waals surface area contributed by atoms with Gasteiger partial charge in [0.05, 0.1) is 12.9 Å². The van der Waals surface area contributed by atoms with E-state index in [2.05, 4.69) is 15.4 Å². The average molecular weight is 595 g/mol. The van der Waals surface area contributed by atoms with E-state index in [1.165, 1.54) is 7.11 Å². The Labute approximate surface area is 249 Å². The molecule has 0 bridgehead atoms. The molecule has 0 radical (unpaired) electrons. The van der Waals surface area contributed by atoms with E-state index in [9.17, 15) is 18.0 Å². The summed E-state index contributed by atoms with van der Waals surface area (Å²) in [4.78, 5) is 28.6. The van der Waals surface area contributed by atoms with Gasteiger partial charge in [-0.15, -0.1) is 0 Å². The van der Waals surface area contributed by atoms with Crippen LogP contribution in [0.15, 0.2) is 78.9 Å². The molecule has 3 aromatic carbocycles. The third-order valence-corrected chi connectivity index (χ3v) is 8.12. The van der Waals surface area contributed by atoms with Gasteiger partial charge in [-0.1, -0.05) is 44.2 Å². The molecule has 3 N–H and O–H groups in total. The van der Waals surface area contributed by atoms with Crippen LogP contribution in [0.4, 0.5) is 11.4 Å². The van der Waals surface area contributed by atoms with E-state index >= 15 is 0 Å². The Morgan fingerprint density at radius 1 is 0.881 bits per heavy atom. The van der Waals surface area contributed by atoms with E-state index in [0.29, 0.717) is 36.3 Å². The van der Waals surface area contributed by atoms with Gasteiger partial charge in [-0.3, -0.25) is 14.3 Å². The van der Waals surface area contributed by atoms with Crippen LogP contribution in [-0.4, -0.2) is 59.3 Å². The van der Waals surface area contributed by atoms with Crippen molar-refractivity contribution in [3.8, 4) is 5.75 Å². The monoisotopic (exact) mass is 594 g/mol. The van der Waals surface area contributed by atoms with Crippen LogP contribution in [0.1, 0.15) is 42.6 Å². The maximum Gasteiger partial charge on any atom is 0.251 e. The number of hydrogen-bond donors (Lipinski definition) is 3. The molecule has 2 amide bonds. The van der Waals surface area contributed by atoms with Crippen molar-refractivity contribution in [2.24, 2.45) is 5.92 Å². The van der Waals surface area contributed by atoms with Gasteiger partial charge in [0.2, 0.25) is 15.9 Å². The first-order valence-corrected chi connectivity index (χ1v) is 15.7. The summed E-state index contributed by atoms with van der Waals surface area (Å²) >= 11 is 0. The molecular weight excluding hydrogens is 552 g/mol. The van der Waals surface area contributed by atoms with E-state index in [4.69, 9.17) is 4.74 Å². The van der Waals surface area contributed by atoms with Gasteiger partial charge < -0.3 is 20.3 Å². The zero-order valence-electron chi connectivity index (χ0n) is 25.0. The van der Waals surface area contributed by atoms with Crippen molar-refractivity contribution < 1.29 is 22.7 Å². The number of ether oxygens (including phenoxy) is 1. The Morgan fingerprint density at radius 2 is 1.52 bits per heavy atom. The maximum atomic E-state index is 13.6. The Balaban J connectivity index is 1.76. The first kappa shape index (κ1) is 32.5. The molecular formula is C32H42N4O5S. The van der Waals surface area contributed by atoms with Gasteiger partial charge in [-0.25, -0.2) is 8.42 Å². The lowest BCUT2D eigenvalue weighted by Crippen LogP contribution is -2.52. The summed E-state index contributed by atoms with van der Waals surface area (Å²) in [5.74, 6) is -0.389. The van der Waals surface area contributed by atoms with E-state index in [0.717, 1.165) is 11.3 Å². The highest BCUT2D eigenvalue weighted by molar-refractivity contribution is 7.92. The molecule has 2 atom stereocenters. The SMILES string of the molecule is COc1ccc(NS(=O)(=O)CC(CCc2ccccc2)NC(=O)C(CC(C)C)NC(=O)c2ccc(N(C)C)cc2)cc1. The molecule has 0 spiro atoms. The van der Waals surface area contributed by atoms with Gasteiger partial charge >= 0.3 is 0 Å². The fraction of sp³-hybridized carbons (Fsp3) is 0.375. The quantitative estimate of drug-likeness (QED) is 0.239. The summed E-state index contributed by atoms with van der Waals surface area (Å²) in [6, 6.07) is 21.8. The molecule has 3 rings (SSSR count). The zero-order valence-corrected chi connectivity index (χ0v) is 25.8. The van der Waals surface area contributed by atoms with Crippen LogP contribution in [0.5, 0.6) is 5.75 Å². The number of carbonyl (C=O) groups is 2. The molecule has 3 aromatic rings. The maximum absolute atomic E-state index is 13.6.